The minimum atomic E-state index is -0.883. The molecule has 0 fully saturated rings. The first kappa shape index (κ1) is 9.96. The maximum Gasteiger partial charge on any atom is 0.311 e. The van der Waals surface area contributed by atoms with Gasteiger partial charge in [0.05, 0.1) is 0 Å². The molecule has 0 aromatic heterocycles. The van der Waals surface area contributed by atoms with Gasteiger partial charge in [-0.05, 0) is 5.92 Å². The number of carboxylic acid groups (broad SMARTS) is 1. The van der Waals surface area contributed by atoms with Crippen LogP contribution in [0, 0.1) is 12.5 Å². The van der Waals surface area contributed by atoms with Crippen molar-refractivity contribution in [1.29, 1.82) is 0 Å². The van der Waals surface area contributed by atoms with Crippen molar-refractivity contribution in [2.75, 3.05) is 0 Å². The standard InChI is InChI=1S/C8H13NO2/c1-6(2)4-7(9-3)5-8(10)11/h6-7H,4-5H2,1-2H3,(H,10,11). The molecule has 0 aliphatic heterocycles. The molecule has 11 heavy (non-hydrogen) atoms. The molecule has 0 radical (unpaired) electrons. The quantitative estimate of drug-likeness (QED) is 0.629. The smallest absolute Gasteiger partial charge is 0.311 e. The highest BCUT2D eigenvalue weighted by molar-refractivity contribution is 5.67. The van der Waals surface area contributed by atoms with Crippen LogP contribution in [0.1, 0.15) is 26.7 Å². The van der Waals surface area contributed by atoms with Crippen molar-refractivity contribution in [3.63, 3.8) is 0 Å². The summed E-state index contributed by atoms with van der Waals surface area (Å²) in [4.78, 5) is 13.4. The minimum absolute atomic E-state index is 0.0261. The molecule has 0 aliphatic carbocycles. The van der Waals surface area contributed by atoms with Crippen LogP contribution in [-0.4, -0.2) is 17.1 Å². The normalized spacial score (nSPS) is 12.5. The van der Waals surface area contributed by atoms with E-state index in [1.807, 2.05) is 13.8 Å². The Morgan fingerprint density at radius 3 is 2.45 bits per heavy atom. The van der Waals surface area contributed by atoms with Crippen molar-refractivity contribution in [3.05, 3.63) is 11.4 Å². The number of nitrogens with zero attached hydrogens (tertiary/aromatic N) is 1. The highest BCUT2D eigenvalue weighted by atomic mass is 16.4. The van der Waals surface area contributed by atoms with Crippen molar-refractivity contribution in [3.8, 4) is 0 Å². The van der Waals surface area contributed by atoms with Crippen LogP contribution >= 0.6 is 0 Å². The van der Waals surface area contributed by atoms with E-state index in [9.17, 15) is 4.79 Å². The Hall–Kier alpha value is -1.04. The van der Waals surface area contributed by atoms with Gasteiger partial charge in [-0.15, -0.1) is 0 Å². The lowest BCUT2D eigenvalue weighted by Crippen LogP contribution is -2.11. The molecule has 1 N–H and O–H groups in total. The molecule has 0 saturated carbocycles. The average Bonchev–Trinajstić information content (AvgIpc) is 1.84. The van der Waals surface area contributed by atoms with Crippen LogP contribution in [0.3, 0.4) is 0 Å². The lowest BCUT2D eigenvalue weighted by Gasteiger charge is -2.04. The molecule has 0 aromatic rings. The van der Waals surface area contributed by atoms with E-state index in [1.165, 1.54) is 0 Å². The molecule has 0 aromatic carbocycles. The molecule has 0 rings (SSSR count). The number of carboxylic acids is 1. The van der Waals surface area contributed by atoms with Crippen LogP contribution in [0.2, 0.25) is 0 Å². The van der Waals surface area contributed by atoms with Gasteiger partial charge in [0.2, 0.25) is 6.04 Å². The number of hydrogen-bond acceptors (Lipinski definition) is 1. The molecule has 0 heterocycles. The first-order chi connectivity index (χ1) is 5.06. The number of hydrogen-bond donors (Lipinski definition) is 1. The van der Waals surface area contributed by atoms with Gasteiger partial charge in [0.15, 0.2) is 0 Å². The highest BCUT2D eigenvalue weighted by Crippen LogP contribution is 2.11. The van der Waals surface area contributed by atoms with E-state index >= 15 is 0 Å². The van der Waals surface area contributed by atoms with Gasteiger partial charge in [0, 0.05) is 6.42 Å². The van der Waals surface area contributed by atoms with Crippen molar-refractivity contribution < 1.29 is 9.90 Å². The third-order valence-electron chi connectivity index (χ3n) is 1.34. The molecule has 3 heteroatoms. The number of aliphatic carboxylic acids is 1. The summed E-state index contributed by atoms with van der Waals surface area (Å²) in [5, 5.41) is 8.38. The maximum absolute atomic E-state index is 10.2. The highest BCUT2D eigenvalue weighted by Gasteiger charge is 2.18. The van der Waals surface area contributed by atoms with Crippen LogP contribution in [0.4, 0.5) is 0 Å². The van der Waals surface area contributed by atoms with Crippen LogP contribution in [0.25, 0.3) is 4.85 Å². The van der Waals surface area contributed by atoms with Gasteiger partial charge in [-0.3, -0.25) is 4.79 Å². The largest absolute Gasteiger partial charge is 0.481 e. The predicted octanol–water partition coefficient (Wildman–Crippen LogP) is 1.80. The van der Waals surface area contributed by atoms with Gasteiger partial charge in [-0.2, -0.15) is 0 Å². The van der Waals surface area contributed by atoms with Crippen molar-refractivity contribution in [1.82, 2.24) is 0 Å². The maximum atomic E-state index is 10.2. The predicted molar refractivity (Wildman–Crippen MR) is 42.1 cm³/mol. The molecule has 1 atom stereocenters. The van der Waals surface area contributed by atoms with E-state index in [-0.39, 0.29) is 12.5 Å². The van der Waals surface area contributed by atoms with Crippen LogP contribution < -0.4 is 0 Å². The SMILES string of the molecule is [C-]#[N+]C(CC(=O)O)CC(C)C. The van der Waals surface area contributed by atoms with Gasteiger partial charge in [-0.1, -0.05) is 13.8 Å². The second-order valence-electron chi connectivity index (χ2n) is 3.01. The number of rotatable bonds is 4. The van der Waals surface area contributed by atoms with Crippen molar-refractivity contribution in [2.45, 2.75) is 32.7 Å². The summed E-state index contributed by atoms with van der Waals surface area (Å²) in [6, 6.07) is -0.340. The molecule has 0 aliphatic rings. The summed E-state index contributed by atoms with van der Waals surface area (Å²) in [6.45, 7) is 10.7. The zero-order valence-corrected chi connectivity index (χ0v) is 6.87. The molecule has 0 bridgehead atoms. The Bertz CT molecular complexity index is 169. The van der Waals surface area contributed by atoms with Gasteiger partial charge in [0.1, 0.15) is 6.42 Å². The lowest BCUT2D eigenvalue weighted by atomic mass is 10.0. The van der Waals surface area contributed by atoms with Gasteiger partial charge in [0.25, 0.3) is 0 Å². The zero-order chi connectivity index (χ0) is 8.85. The first-order valence-corrected chi connectivity index (χ1v) is 3.64. The molecule has 1 unspecified atom stereocenters. The minimum Gasteiger partial charge on any atom is -0.481 e. The molecular weight excluding hydrogens is 142 g/mol. The van der Waals surface area contributed by atoms with Crippen LogP contribution in [0.5, 0.6) is 0 Å². The zero-order valence-electron chi connectivity index (χ0n) is 6.87. The molecule has 62 valence electrons. The summed E-state index contributed by atoms with van der Waals surface area (Å²) >= 11 is 0. The van der Waals surface area contributed by atoms with E-state index in [0.717, 1.165) is 0 Å². The molecule has 3 nitrogen and oxygen atoms in total. The molecule has 0 saturated heterocycles. The van der Waals surface area contributed by atoms with Gasteiger partial charge < -0.3 is 9.95 Å². The summed E-state index contributed by atoms with van der Waals surface area (Å²) in [5.41, 5.74) is 0. The van der Waals surface area contributed by atoms with E-state index in [2.05, 4.69) is 4.85 Å². The van der Waals surface area contributed by atoms with Gasteiger partial charge >= 0.3 is 5.97 Å². The Balaban J connectivity index is 3.79. The topological polar surface area (TPSA) is 41.7 Å². The Morgan fingerprint density at radius 2 is 2.18 bits per heavy atom. The summed E-state index contributed by atoms with van der Waals surface area (Å²) in [6.07, 6.45) is 0.650. The third-order valence-corrected chi connectivity index (χ3v) is 1.34. The summed E-state index contributed by atoms with van der Waals surface area (Å²) in [5.74, 6) is -0.486. The molecular formula is C8H13NO2. The Morgan fingerprint density at radius 1 is 1.64 bits per heavy atom. The van der Waals surface area contributed by atoms with Crippen molar-refractivity contribution in [2.24, 2.45) is 5.92 Å². The van der Waals surface area contributed by atoms with E-state index in [4.69, 9.17) is 11.7 Å². The molecule has 0 amide bonds. The van der Waals surface area contributed by atoms with Crippen molar-refractivity contribution >= 4 is 5.97 Å². The van der Waals surface area contributed by atoms with E-state index < -0.39 is 5.97 Å². The fourth-order valence-electron chi connectivity index (χ4n) is 0.927. The van der Waals surface area contributed by atoms with E-state index in [0.29, 0.717) is 12.3 Å². The fourth-order valence-corrected chi connectivity index (χ4v) is 0.927. The Labute approximate surface area is 66.9 Å². The number of carbonyl (C=O) groups is 1. The van der Waals surface area contributed by atoms with Gasteiger partial charge in [-0.25, -0.2) is 6.57 Å². The summed E-state index contributed by atoms with van der Waals surface area (Å²) < 4.78 is 0. The first-order valence-electron chi connectivity index (χ1n) is 3.64. The second-order valence-corrected chi connectivity index (χ2v) is 3.01. The van der Waals surface area contributed by atoms with E-state index in [1.54, 1.807) is 0 Å². The van der Waals surface area contributed by atoms with Crippen LogP contribution in [0.15, 0.2) is 0 Å². The molecule has 0 spiro atoms. The fraction of sp³-hybridized carbons (Fsp3) is 0.750. The lowest BCUT2D eigenvalue weighted by molar-refractivity contribution is -0.137. The monoisotopic (exact) mass is 155 g/mol. The average molecular weight is 155 g/mol. The Kier molecular flexibility index (Phi) is 4.28. The van der Waals surface area contributed by atoms with Crippen LogP contribution in [-0.2, 0) is 4.79 Å². The third kappa shape index (κ3) is 5.41. The second kappa shape index (κ2) is 4.73. The summed E-state index contributed by atoms with van der Waals surface area (Å²) in [7, 11) is 0.